The van der Waals surface area contributed by atoms with Gasteiger partial charge in [-0.2, -0.15) is 0 Å². The summed E-state index contributed by atoms with van der Waals surface area (Å²) in [5.74, 6) is -0.124. The molecule has 2 amide bonds. The molecule has 0 bridgehead atoms. The van der Waals surface area contributed by atoms with Crippen LogP contribution in [-0.2, 0) is 9.59 Å². The molecule has 4 rings (SSSR count). The van der Waals surface area contributed by atoms with Gasteiger partial charge in [0.25, 0.3) is 0 Å². The van der Waals surface area contributed by atoms with Crippen molar-refractivity contribution >= 4 is 90.7 Å². The van der Waals surface area contributed by atoms with E-state index in [1.807, 2.05) is 36.4 Å². The lowest BCUT2D eigenvalue weighted by Crippen LogP contribution is -2.13. The fourth-order valence-electron chi connectivity index (χ4n) is 3.06. The van der Waals surface area contributed by atoms with Crippen molar-refractivity contribution in [1.82, 2.24) is 9.97 Å². The number of fused-ring (bicyclic) bond motifs is 2. The summed E-state index contributed by atoms with van der Waals surface area (Å²) in [6.45, 7) is 0. The minimum atomic E-state index is -0.0620. The zero-order valence-corrected chi connectivity index (χ0v) is 19.0. The third kappa shape index (κ3) is 5.20. The van der Waals surface area contributed by atoms with Crippen LogP contribution in [0.3, 0.4) is 0 Å². The van der Waals surface area contributed by atoms with E-state index >= 15 is 0 Å². The molecule has 2 heterocycles. The average molecular weight is 475 g/mol. The number of rotatable bonds is 7. The molecule has 0 unspecified atom stereocenters. The number of aromatic amines is 2. The molecule has 6 nitrogen and oxygen atoms in total. The summed E-state index contributed by atoms with van der Waals surface area (Å²) in [6.07, 6.45) is 2.02. The number of unbranched alkanes of at least 4 members (excludes halogenated alkanes) is 1. The lowest BCUT2D eigenvalue weighted by Gasteiger charge is -2.06. The van der Waals surface area contributed by atoms with Crippen LogP contribution in [0.2, 0.25) is 0 Å². The van der Waals surface area contributed by atoms with E-state index in [-0.39, 0.29) is 11.8 Å². The number of carbonyl (C=O) groups is 2. The summed E-state index contributed by atoms with van der Waals surface area (Å²) >= 11 is 13.2. The van der Waals surface area contributed by atoms with Crippen LogP contribution in [-0.4, -0.2) is 21.8 Å². The third-order valence-corrected chi connectivity index (χ3v) is 6.86. The van der Waals surface area contributed by atoms with Gasteiger partial charge in [0.1, 0.15) is 0 Å². The van der Waals surface area contributed by atoms with Crippen LogP contribution in [0.4, 0.5) is 11.4 Å². The molecule has 2 aromatic carbocycles. The van der Waals surface area contributed by atoms with Gasteiger partial charge in [0.05, 0.1) is 20.4 Å². The first-order chi connectivity index (χ1) is 14.5. The maximum atomic E-state index is 12.2. The van der Waals surface area contributed by atoms with Crippen LogP contribution in [0.1, 0.15) is 25.7 Å². The highest BCUT2D eigenvalue weighted by Crippen LogP contribution is 2.24. The SMILES string of the molecule is O=C(CCCCC(=O)Nc1ccc2[nH]c(=S)sc2c1)Nc1ccc2[nH]c(=S)sc2c1. The number of hydrogen-bond acceptors (Lipinski definition) is 6. The van der Waals surface area contributed by atoms with Crippen molar-refractivity contribution in [2.75, 3.05) is 10.6 Å². The molecule has 4 aromatic rings. The average Bonchev–Trinajstić information content (AvgIpc) is 3.25. The summed E-state index contributed by atoms with van der Waals surface area (Å²) in [6, 6.07) is 11.3. The normalized spacial score (nSPS) is 11.1. The van der Waals surface area contributed by atoms with E-state index in [9.17, 15) is 9.59 Å². The first-order valence-corrected chi connectivity index (χ1v) is 11.8. The Hall–Kier alpha value is -2.40. The van der Waals surface area contributed by atoms with Gasteiger partial charge in [0, 0.05) is 24.2 Å². The van der Waals surface area contributed by atoms with E-state index in [0.29, 0.717) is 33.6 Å². The van der Waals surface area contributed by atoms with Gasteiger partial charge in [0.15, 0.2) is 7.91 Å². The Morgan fingerprint density at radius 1 is 0.767 bits per heavy atom. The van der Waals surface area contributed by atoms with E-state index in [4.69, 9.17) is 24.4 Å². The number of carbonyl (C=O) groups excluding carboxylic acids is 2. The molecule has 0 aliphatic heterocycles. The van der Waals surface area contributed by atoms with E-state index in [2.05, 4.69) is 20.6 Å². The molecule has 0 spiro atoms. The molecule has 30 heavy (non-hydrogen) atoms. The quantitative estimate of drug-likeness (QED) is 0.185. The number of thiazole rings is 2. The van der Waals surface area contributed by atoms with Crippen molar-refractivity contribution in [1.29, 1.82) is 0 Å². The van der Waals surface area contributed by atoms with Gasteiger partial charge >= 0.3 is 0 Å². The first-order valence-electron chi connectivity index (χ1n) is 9.32. The fourth-order valence-corrected chi connectivity index (χ4v) is 5.37. The molecule has 10 heteroatoms. The van der Waals surface area contributed by atoms with Crippen LogP contribution < -0.4 is 10.6 Å². The van der Waals surface area contributed by atoms with Crippen LogP contribution >= 0.6 is 47.1 Å². The molecule has 0 fully saturated rings. The fraction of sp³-hybridized carbons (Fsp3) is 0.200. The molecule has 0 aliphatic carbocycles. The number of anilines is 2. The maximum absolute atomic E-state index is 12.2. The number of hydrogen-bond donors (Lipinski definition) is 4. The maximum Gasteiger partial charge on any atom is 0.224 e. The highest BCUT2D eigenvalue weighted by atomic mass is 32.2. The summed E-state index contributed by atoms with van der Waals surface area (Å²) in [4.78, 5) is 30.5. The van der Waals surface area contributed by atoms with E-state index in [0.717, 1.165) is 31.8 Å². The predicted molar refractivity (Wildman–Crippen MR) is 130 cm³/mol. The smallest absolute Gasteiger partial charge is 0.224 e. The molecule has 0 radical (unpaired) electrons. The monoisotopic (exact) mass is 474 g/mol. The van der Waals surface area contributed by atoms with Crippen LogP contribution in [0.5, 0.6) is 0 Å². The highest BCUT2D eigenvalue weighted by Gasteiger charge is 2.07. The minimum absolute atomic E-state index is 0.0620. The Bertz CT molecular complexity index is 1240. The standard InChI is InChI=1S/C20H18N4O2S4/c25-17(21-11-5-7-13-15(9-11)29-19(27)23-13)3-1-2-4-18(26)22-12-6-8-14-16(10-12)30-20(28)24-14/h5-10H,1-4H2,(H,21,25)(H,22,26)(H,23,27)(H,24,28). The molecular weight excluding hydrogens is 457 g/mol. The predicted octanol–water partition coefficient (Wildman–Crippen LogP) is 6.37. The lowest BCUT2D eigenvalue weighted by atomic mass is 10.1. The Morgan fingerprint density at radius 3 is 1.63 bits per heavy atom. The van der Waals surface area contributed by atoms with Gasteiger partial charge in [-0.15, -0.1) is 22.7 Å². The second kappa shape index (κ2) is 9.17. The van der Waals surface area contributed by atoms with E-state index < -0.39 is 0 Å². The molecule has 4 N–H and O–H groups in total. The summed E-state index contributed by atoms with van der Waals surface area (Å²) in [5, 5.41) is 5.80. The van der Waals surface area contributed by atoms with Gasteiger partial charge in [0.2, 0.25) is 11.8 Å². The molecule has 0 saturated carbocycles. The topological polar surface area (TPSA) is 89.8 Å². The Morgan fingerprint density at radius 2 is 1.20 bits per heavy atom. The number of amides is 2. The van der Waals surface area contributed by atoms with Gasteiger partial charge in [-0.25, -0.2) is 0 Å². The highest BCUT2D eigenvalue weighted by molar-refractivity contribution is 7.74. The molecule has 154 valence electrons. The zero-order valence-electron chi connectivity index (χ0n) is 15.7. The van der Waals surface area contributed by atoms with Crippen molar-refractivity contribution in [2.45, 2.75) is 25.7 Å². The van der Waals surface area contributed by atoms with Crippen LogP contribution in [0.15, 0.2) is 36.4 Å². The third-order valence-electron chi connectivity index (χ3n) is 4.47. The zero-order chi connectivity index (χ0) is 21.1. The largest absolute Gasteiger partial charge is 0.337 e. The molecule has 0 atom stereocenters. The van der Waals surface area contributed by atoms with Gasteiger partial charge in [-0.3, -0.25) is 9.59 Å². The summed E-state index contributed by atoms with van der Waals surface area (Å²) in [7, 11) is 0. The molecule has 0 saturated heterocycles. The van der Waals surface area contributed by atoms with Gasteiger partial charge in [-0.05, 0) is 73.7 Å². The summed E-state index contributed by atoms with van der Waals surface area (Å²) in [5.41, 5.74) is 3.43. The second-order valence-electron chi connectivity index (χ2n) is 6.75. The Balaban J connectivity index is 1.21. The molecular formula is C20H18N4O2S4. The molecule has 2 aromatic heterocycles. The van der Waals surface area contributed by atoms with Crippen molar-refractivity contribution in [3.8, 4) is 0 Å². The van der Waals surface area contributed by atoms with E-state index in [1.165, 1.54) is 22.7 Å². The van der Waals surface area contributed by atoms with Gasteiger partial charge < -0.3 is 20.6 Å². The lowest BCUT2D eigenvalue weighted by molar-refractivity contribution is -0.118. The number of aromatic nitrogens is 2. The van der Waals surface area contributed by atoms with E-state index in [1.54, 1.807) is 0 Å². The van der Waals surface area contributed by atoms with Gasteiger partial charge in [-0.1, -0.05) is 0 Å². The molecule has 0 aliphatic rings. The Kier molecular flexibility index (Phi) is 6.38. The number of H-pyrrole nitrogens is 2. The van der Waals surface area contributed by atoms with Crippen molar-refractivity contribution < 1.29 is 9.59 Å². The number of benzene rings is 2. The van der Waals surface area contributed by atoms with Crippen LogP contribution in [0.25, 0.3) is 20.4 Å². The second-order valence-corrected chi connectivity index (χ2v) is 10.2. The van der Waals surface area contributed by atoms with Crippen LogP contribution in [0, 0.1) is 7.91 Å². The summed E-state index contributed by atoms with van der Waals surface area (Å²) < 4.78 is 3.45. The van der Waals surface area contributed by atoms with Crippen molar-refractivity contribution in [3.05, 3.63) is 44.3 Å². The number of nitrogens with one attached hydrogen (secondary N) is 4. The minimum Gasteiger partial charge on any atom is -0.337 e. The van der Waals surface area contributed by atoms with Crippen molar-refractivity contribution in [3.63, 3.8) is 0 Å². The Labute approximate surface area is 190 Å². The first kappa shape index (κ1) is 20.9. The van der Waals surface area contributed by atoms with Crippen molar-refractivity contribution in [2.24, 2.45) is 0 Å².